The average molecular weight is 304 g/mol. The van der Waals surface area contributed by atoms with Crippen molar-refractivity contribution in [2.75, 3.05) is 32.5 Å². The number of likely N-dealkylation sites (N-methyl/N-ethyl adjacent to an activating group) is 1. The van der Waals surface area contributed by atoms with Crippen LogP contribution in [0.4, 0.5) is 5.69 Å². The fourth-order valence-corrected chi connectivity index (χ4v) is 2.13. The maximum Gasteiger partial charge on any atom is 0.254 e. The van der Waals surface area contributed by atoms with Crippen LogP contribution in [0.1, 0.15) is 16.8 Å². The highest BCUT2D eigenvalue weighted by Crippen LogP contribution is 2.18. The molecular weight excluding hydrogens is 284 g/mol. The molecule has 1 atom stereocenters. The molecule has 0 spiro atoms. The fourth-order valence-electron chi connectivity index (χ4n) is 2.13. The van der Waals surface area contributed by atoms with Crippen LogP contribution in [0.25, 0.3) is 0 Å². The summed E-state index contributed by atoms with van der Waals surface area (Å²) in [5, 5.41) is 7.99. The minimum Gasteiger partial charge on any atom is -0.355 e. The molecule has 0 aliphatic carbocycles. The van der Waals surface area contributed by atoms with Crippen LogP contribution in [0.3, 0.4) is 0 Å². The number of benzene rings is 1. The summed E-state index contributed by atoms with van der Waals surface area (Å²) in [5.41, 5.74) is 0.854. The van der Waals surface area contributed by atoms with Crippen molar-refractivity contribution in [1.82, 2.24) is 15.5 Å². The van der Waals surface area contributed by atoms with Crippen LogP contribution < -0.4 is 16.0 Å². The summed E-state index contributed by atoms with van der Waals surface area (Å²) in [7, 11) is 3.81. The number of nitrogens with one attached hydrogen (secondary N) is 3. The molecule has 1 aromatic rings. The molecule has 0 radical (unpaired) electrons. The summed E-state index contributed by atoms with van der Waals surface area (Å²) in [6, 6.07) is 5.87. The van der Waals surface area contributed by atoms with E-state index in [1.807, 2.05) is 19.0 Å². The molecule has 118 valence electrons. The Balaban J connectivity index is 1.97. The summed E-state index contributed by atoms with van der Waals surface area (Å²) >= 11 is 0. The number of hydrogen-bond acceptors (Lipinski definition) is 4. The van der Waals surface area contributed by atoms with Gasteiger partial charge in [0.25, 0.3) is 5.91 Å². The first-order valence-electron chi connectivity index (χ1n) is 7.09. The SMILES string of the molecule is CN(C)CCNC(=O)C[C@@H]1NC(=O)c2ccccc2NC1=O. The van der Waals surface area contributed by atoms with E-state index in [2.05, 4.69) is 16.0 Å². The standard InChI is InChI=1S/C15H20N4O3/c1-19(2)8-7-16-13(20)9-12-15(22)17-11-6-4-3-5-10(11)14(21)18-12/h3-6,12H,7-9H2,1-2H3,(H,16,20)(H,17,22)(H,18,21)/t12-/m0/s1. The van der Waals surface area contributed by atoms with Crippen molar-refractivity contribution < 1.29 is 14.4 Å². The Kier molecular flexibility index (Phi) is 5.11. The monoisotopic (exact) mass is 304 g/mol. The highest BCUT2D eigenvalue weighted by Gasteiger charge is 2.29. The van der Waals surface area contributed by atoms with E-state index in [1.165, 1.54) is 0 Å². The highest BCUT2D eigenvalue weighted by molar-refractivity contribution is 6.10. The molecule has 3 amide bonds. The highest BCUT2D eigenvalue weighted by atomic mass is 16.2. The third-order valence-corrected chi connectivity index (χ3v) is 3.32. The Morgan fingerprint density at radius 1 is 1.27 bits per heavy atom. The Morgan fingerprint density at radius 3 is 2.73 bits per heavy atom. The number of hydrogen-bond donors (Lipinski definition) is 3. The van der Waals surface area contributed by atoms with E-state index < -0.39 is 6.04 Å². The summed E-state index contributed by atoms with van der Waals surface area (Å²) in [5.74, 6) is -1.02. The largest absolute Gasteiger partial charge is 0.355 e. The van der Waals surface area contributed by atoms with Crippen molar-refractivity contribution in [3.05, 3.63) is 29.8 Å². The van der Waals surface area contributed by atoms with Crippen LogP contribution in [-0.2, 0) is 9.59 Å². The van der Waals surface area contributed by atoms with Gasteiger partial charge >= 0.3 is 0 Å². The second-order valence-corrected chi connectivity index (χ2v) is 5.42. The average Bonchev–Trinajstić information content (AvgIpc) is 2.57. The van der Waals surface area contributed by atoms with Gasteiger partial charge < -0.3 is 20.9 Å². The number of carbonyl (C=O) groups is 3. The molecule has 7 nitrogen and oxygen atoms in total. The van der Waals surface area contributed by atoms with Crippen molar-refractivity contribution in [2.45, 2.75) is 12.5 Å². The minimum absolute atomic E-state index is 0.0843. The zero-order valence-electron chi connectivity index (χ0n) is 12.7. The number of fused-ring (bicyclic) bond motifs is 1. The Labute approximate surface area is 129 Å². The van der Waals surface area contributed by atoms with Gasteiger partial charge in [-0.05, 0) is 26.2 Å². The number of para-hydroxylation sites is 1. The first kappa shape index (κ1) is 16.0. The van der Waals surface area contributed by atoms with Gasteiger partial charge in [-0.25, -0.2) is 0 Å². The van der Waals surface area contributed by atoms with Gasteiger partial charge in [-0.2, -0.15) is 0 Å². The van der Waals surface area contributed by atoms with Crippen LogP contribution in [0.15, 0.2) is 24.3 Å². The smallest absolute Gasteiger partial charge is 0.254 e. The normalized spacial score (nSPS) is 17.3. The van der Waals surface area contributed by atoms with Crippen molar-refractivity contribution in [3.63, 3.8) is 0 Å². The quantitative estimate of drug-likeness (QED) is 0.703. The maximum atomic E-state index is 12.1. The molecule has 22 heavy (non-hydrogen) atoms. The molecule has 0 fully saturated rings. The van der Waals surface area contributed by atoms with Gasteiger partial charge in [0.15, 0.2) is 0 Å². The predicted octanol–water partition coefficient (Wildman–Crippen LogP) is -0.195. The summed E-state index contributed by atoms with van der Waals surface area (Å²) in [6.45, 7) is 1.20. The lowest BCUT2D eigenvalue weighted by Crippen LogP contribution is -2.45. The Hall–Kier alpha value is -2.41. The van der Waals surface area contributed by atoms with Gasteiger partial charge in [-0.1, -0.05) is 12.1 Å². The van der Waals surface area contributed by atoms with E-state index in [0.717, 1.165) is 0 Å². The van der Waals surface area contributed by atoms with Crippen LogP contribution in [-0.4, -0.2) is 55.8 Å². The Bertz CT molecular complexity index is 586. The molecule has 1 aliphatic heterocycles. The molecule has 3 N–H and O–H groups in total. The molecule has 0 unspecified atom stereocenters. The molecule has 1 aliphatic rings. The minimum atomic E-state index is -0.876. The number of nitrogens with zero attached hydrogens (tertiary/aromatic N) is 1. The van der Waals surface area contributed by atoms with Crippen LogP contribution in [0.5, 0.6) is 0 Å². The first-order chi connectivity index (χ1) is 10.5. The van der Waals surface area contributed by atoms with Gasteiger partial charge in [0, 0.05) is 13.1 Å². The van der Waals surface area contributed by atoms with Crippen molar-refractivity contribution in [2.24, 2.45) is 0 Å². The number of amides is 3. The van der Waals surface area contributed by atoms with Crippen molar-refractivity contribution >= 4 is 23.4 Å². The maximum absolute atomic E-state index is 12.1. The topological polar surface area (TPSA) is 90.5 Å². The second-order valence-electron chi connectivity index (χ2n) is 5.42. The second kappa shape index (κ2) is 7.04. The lowest BCUT2D eigenvalue weighted by Gasteiger charge is -2.15. The Morgan fingerprint density at radius 2 is 2.00 bits per heavy atom. The van der Waals surface area contributed by atoms with Crippen molar-refractivity contribution in [1.29, 1.82) is 0 Å². The van der Waals surface area contributed by atoms with Crippen molar-refractivity contribution in [3.8, 4) is 0 Å². The molecule has 0 saturated carbocycles. The van der Waals surface area contributed by atoms with Gasteiger partial charge in [0.1, 0.15) is 6.04 Å². The fraction of sp³-hybridized carbons (Fsp3) is 0.400. The number of carbonyl (C=O) groups excluding carboxylic acids is 3. The molecular formula is C15H20N4O3. The lowest BCUT2D eigenvalue weighted by atomic mass is 10.1. The molecule has 2 rings (SSSR count). The first-order valence-corrected chi connectivity index (χ1v) is 7.09. The number of anilines is 1. The predicted molar refractivity (Wildman–Crippen MR) is 82.5 cm³/mol. The molecule has 0 aromatic heterocycles. The van der Waals surface area contributed by atoms with Gasteiger partial charge in [0.2, 0.25) is 11.8 Å². The van der Waals surface area contributed by atoms with E-state index in [4.69, 9.17) is 0 Å². The van der Waals surface area contributed by atoms with Crippen LogP contribution >= 0.6 is 0 Å². The number of rotatable bonds is 5. The third kappa shape index (κ3) is 4.05. The van der Waals surface area contributed by atoms with E-state index in [9.17, 15) is 14.4 Å². The molecule has 7 heteroatoms. The zero-order valence-corrected chi connectivity index (χ0v) is 12.7. The third-order valence-electron chi connectivity index (χ3n) is 3.32. The molecule has 1 aromatic carbocycles. The lowest BCUT2D eigenvalue weighted by molar-refractivity contribution is -0.125. The van der Waals surface area contributed by atoms with E-state index >= 15 is 0 Å². The summed E-state index contributed by atoms with van der Waals surface area (Å²) in [4.78, 5) is 38.0. The molecule has 1 heterocycles. The van der Waals surface area contributed by atoms with Gasteiger partial charge in [-0.15, -0.1) is 0 Å². The van der Waals surface area contributed by atoms with Crippen LogP contribution in [0.2, 0.25) is 0 Å². The van der Waals surface area contributed by atoms with Gasteiger partial charge in [0.05, 0.1) is 17.7 Å². The van der Waals surface area contributed by atoms with Crippen LogP contribution in [0, 0.1) is 0 Å². The van der Waals surface area contributed by atoms with E-state index in [0.29, 0.717) is 24.3 Å². The molecule has 0 saturated heterocycles. The van der Waals surface area contributed by atoms with E-state index in [1.54, 1.807) is 24.3 Å². The zero-order chi connectivity index (χ0) is 16.1. The van der Waals surface area contributed by atoms with E-state index in [-0.39, 0.29) is 24.1 Å². The summed E-state index contributed by atoms with van der Waals surface area (Å²) < 4.78 is 0. The summed E-state index contributed by atoms with van der Waals surface area (Å²) in [6.07, 6.45) is -0.0843. The van der Waals surface area contributed by atoms with Gasteiger partial charge in [-0.3, -0.25) is 14.4 Å². The molecule has 0 bridgehead atoms.